The zero-order valence-electron chi connectivity index (χ0n) is 12.7. The summed E-state index contributed by atoms with van der Waals surface area (Å²) in [5, 5.41) is 0.593. The number of furan rings is 1. The second-order valence-electron chi connectivity index (χ2n) is 6.27. The van der Waals surface area contributed by atoms with Gasteiger partial charge in [-0.15, -0.1) is 0 Å². The molecule has 2 aliphatic rings. The van der Waals surface area contributed by atoms with Crippen molar-refractivity contribution in [1.29, 1.82) is 0 Å². The quantitative estimate of drug-likeness (QED) is 0.841. The monoisotopic (exact) mass is 334 g/mol. The minimum Gasteiger partial charge on any atom is -0.492 e. The Morgan fingerprint density at radius 3 is 3.13 bits per heavy atom. The highest BCUT2D eigenvalue weighted by Gasteiger charge is 2.43. The molecule has 3 atom stereocenters. The Kier molecular flexibility index (Phi) is 4.25. The van der Waals surface area contributed by atoms with Gasteiger partial charge in [-0.3, -0.25) is 9.88 Å². The van der Waals surface area contributed by atoms with E-state index in [1.165, 1.54) is 5.56 Å². The number of rotatable bonds is 5. The summed E-state index contributed by atoms with van der Waals surface area (Å²) in [7, 11) is 0. The Labute approximate surface area is 140 Å². The van der Waals surface area contributed by atoms with Gasteiger partial charge in [0.2, 0.25) is 0 Å². The molecule has 2 aromatic rings. The molecule has 4 rings (SSSR count). The van der Waals surface area contributed by atoms with Crippen molar-refractivity contribution in [2.24, 2.45) is 11.8 Å². The summed E-state index contributed by atoms with van der Waals surface area (Å²) in [4.78, 5) is 6.47. The number of pyridine rings is 1. The molecule has 0 radical (unpaired) electrons. The Hall–Kier alpha value is -1.56. The van der Waals surface area contributed by atoms with E-state index in [2.05, 4.69) is 9.88 Å². The molecule has 5 nitrogen and oxygen atoms in total. The van der Waals surface area contributed by atoms with Gasteiger partial charge in [0.25, 0.3) is 0 Å². The third kappa shape index (κ3) is 3.37. The lowest BCUT2D eigenvalue weighted by molar-refractivity contribution is 0.0897. The fourth-order valence-electron chi connectivity index (χ4n) is 3.50. The molecule has 23 heavy (non-hydrogen) atoms. The van der Waals surface area contributed by atoms with Crippen LogP contribution in [0.1, 0.15) is 5.56 Å². The van der Waals surface area contributed by atoms with E-state index in [-0.39, 0.29) is 0 Å². The second-order valence-corrected chi connectivity index (χ2v) is 6.71. The fraction of sp³-hybridized carbons (Fsp3) is 0.471. The van der Waals surface area contributed by atoms with Gasteiger partial charge in [0.05, 0.1) is 43.1 Å². The number of nitrogens with zero attached hydrogens (tertiary/aromatic N) is 2. The minimum atomic E-state index is 0.313. The predicted octanol–water partition coefficient (Wildman–Crippen LogP) is 2.85. The van der Waals surface area contributed by atoms with E-state index in [4.69, 9.17) is 25.5 Å². The molecule has 0 N–H and O–H groups in total. The molecule has 6 heteroatoms. The lowest BCUT2D eigenvalue weighted by atomic mass is 9.94. The molecular formula is C17H19ClN2O3. The molecule has 2 saturated heterocycles. The highest BCUT2D eigenvalue weighted by molar-refractivity contribution is 6.30. The fourth-order valence-corrected chi connectivity index (χ4v) is 3.66. The van der Waals surface area contributed by atoms with Gasteiger partial charge >= 0.3 is 0 Å². The average molecular weight is 335 g/mol. The van der Waals surface area contributed by atoms with Crippen LogP contribution in [0.5, 0.6) is 5.75 Å². The first-order valence-corrected chi connectivity index (χ1v) is 8.24. The zero-order chi connectivity index (χ0) is 15.6. The van der Waals surface area contributed by atoms with Crippen molar-refractivity contribution in [3.8, 4) is 5.75 Å². The summed E-state index contributed by atoms with van der Waals surface area (Å²) >= 11 is 5.93. The van der Waals surface area contributed by atoms with Gasteiger partial charge in [-0.05, 0) is 6.07 Å². The molecule has 0 amide bonds. The Morgan fingerprint density at radius 2 is 2.30 bits per heavy atom. The van der Waals surface area contributed by atoms with Gasteiger partial charge in [-0.1, -0.05) is 11.6 Å². The molecule has 2 aromatic heterocycles. The summed E-state index contributed by atoms with van der Waals surface area (Å²) in [5.41, 5.74) is 1.21. The van der Waals surface area contributed by atoms with Crippen LogP contribution < -0.4 is 4.74 Å². The zero-order valence-corrected chi connectivity index (χ0v) is 13.5. The maximum absolute atomic E-state index is 5.96. The van der Waals surface area contributed by atoms with Crippen LogP contribution in [0.3, 0.4) is 0 Å². The van der Waals surface area contributed by atoms with Crippen molar-refractivity contribution in [1.82, 2.24) is 9.88 Å². The summed E-state index contributed by atoms with van der Waals surface area (Å²) in [6, 6.07) is 3.81. The number of ether oxygens (including phenoxy) is 2. The smallest absolute Gasteiger partial charge is 0.139 e. The highest BCUT2D eigenvalue weighted by Crippen LogP contribution is 2.34. The molecular weight excluding hydrogens is 316 g/mol. The van der Waals surface area contributed by atoms with Crippen molar-refractivity contribution >= 4 is 11.6 Å². The molecule has 0 bridgehead atoms. The summed E-state index contributed by atoms with van der Waals surface area (Å²) < 4.78 is 17.0. The average Bonchev–Trinajstić information content (AvgIpc) is 3.24. The van der Waals surface area contributed by atoms with Crippen LogP contribution in [0.2, 0.25) is 5.02 Å². The third-order valence-corrected chi connectivity index (χ3v) is 4.85. The number of hydrogen-bond donors (Lipinski definition) is 0. The van der Waals surface area contributed by atoms with Crippen molar-refractivity contribution < 1.29 is 13.9 Å². The minimum absolute atomic E-state index is 0.313. The highest BCUT2D eigenvalue weighted by atomic mass is 35.5. The third-order valence-electron chi connectivity index (χ3n) is 4.64. The standard InChI is InChI=1S/C17H19ClN2O3/c18-14-3-15(5-19-4-14)22-10-13-11-23-17-8-20(7-16(13)17)6-12-1-2-21-9-12/h1-5,9,13,16-17H,6-8,10-11H2/t13-,16+,17+/m1/s1. The normalized spacial score (nSPS) is 27.3. The largest absolute Gasteiger partial charge is 0.492 e. The van der Waals surface area contributed by atoms with Gasteiger partial charge < -0.3 is 13.9 Å². The maximum atomic E-state index is 5.96. The predicted molar refractivity (Wildman–Crippen MR) is 85.4 cm³/mol. The van der Waals surface area contributed by atoms with Crippen LogP contribution >= 0.6 is 11.6 Å². The van der Waals surface area contributed by atoms with Gasteiger partial charge in [0.1, 0.15) is 5.75 Å². The maximum Gasteiger partial charge on any atom is 0.139 e. The van der Waals surface area contributed by atoms with Gasteiger partial charge in [-0.2, -0.15) is 0 Å². The molecule has 0 saturated carbocycles. The topological polar surface area (TPSA) is 47.7 Å². The Morgan fingerprint density at radius 1 is 1.35 bits per heavy atom. The van der Waals surface area contributed by atoms with Crippen molar-refractivity contribution in [2.45, 2.75) is 12.6 Å². The SMILES string of the molecule is Clc1cncc(OC[C@@H]2CO[C@H]3CN(Cc4ccoc4)C[C@@H]23)c1. The van der Waals surface area contributed by atoms with E-state index in [1.807, 2.05) is 12.3 Å². The summed E-state index contributed by atoms with van der Waals surface area (Å²) in [6.07, 6.45) is 7.14. The lowest BCUT2D eigenvalue weighted by Gasteiger charge is -2.19. The van der Waals surface area contributed by atoms with E-state index in [1.54, 1.807) is 24.7 Å². The summed E-state index contributed by atoms with van der Waals surface area (Å²) in [5.74, 6) is 1.65. The van der Waals surface area contributed by atoms with Crippen molar-refractivity contribution in [3.05, 3.63) is 47.6 Å². The molecule has 0 aliphatic carbocycles. The number of halogens is 1. The lowest BCUT2D eigenvalue weighted by Crippen LogP contribution is -2.26. The second kappa shape index (κ2) is 6.51. The Balaban J connectivity index is 1.33. The first kappa shape index (κ1) is 15.0. The number of hydrogen-bond acceptors (Lipinski definition) is 5. The summed E-state index contributed by atoms with van der Waals surface area (Å²) in [6.45, 7) is 4.34. The van der Waals surface area contributed by atoms with Gasteiger partial charge in [0.15, 0.2) is 0 Å². The molecule has 2 fully saturated rings. The van der Waals surface area contributed by atoms with Crippen molar-refractivity contribution in [2.75, 3.05) is 26.3 Å². The van der Waals surface area contributed by atoms with Crippen LogP contribution in [0.15, 0.2) is 41.5 Å². The number of fused-ring (bicyclic) bond motifs is 1. The van der Waals surface area contributed by atoms with Crippen LogP contribution in [0.25, 0.3) is 0 Å². The van der Waals surface area contributed by atoms with Gasteiger partial charge in [-0.25, -0.2) is 0 Å². The van der Waals surface area contributed by atoms with Crippen LogP contribution in [-0.2, 0) is 11.3 Å². The van der Waals surface area contributed by atoms with E-state index in [0.717, 1.165) is 26.2 Å². The first-order valence-electron chi connectivity index (χ1n) is 7.86. The number of aromatic nitrogens is 1. The van der Waals surface area contributed by atoms with Gasteiger partial charge in [0, 0.05) is 49.3 Å². The first-order chi connectivity index (χ1) is 11.3. The Bertz CT molecular complexity index is 649. The van der Waals surface area contributed by atoms with E-state index < -0.39 is 0 Å². The number of likely N-dealkylation sites (tertiary alicyclic amines) is 1. The van der Waals surface area contributed by atoms with Crippen LogP contribution in [0, 0.1) is 11.8 Å². The van der Waals surface area contributed by atoms with Crippen molar-refractivity contribution in [3.63, 3.8) is 0 Å². The molecule has 0 spiro atoms. The van der Waals surface area contributed by atoms with E-state index in [9.17, 15) is 0 Å². The van der Waals surface area contributed by atoms with Crippen LogP contribution in [-0.4, -0.2) is 42.3 Å². The van der Waals surface area contributed by atoms with Crippen LogP contribution in [0.4, 0.5) is 0 Å². The van der Waals surface area contributed by atoms with E-state index >= 15 is 0 Å². The van der Waals surface area contributed by atoms with E-state index in [0.29, 0.717) is 35.3 Å². The molecule has 4 heterocycles. The molecule has 0 unspecified atom stereocenters. The molecule has 122 valence electrons. The molecule has 0 aromatic carbocycles. The molecule has 2 aliphatic heterocycles.